The molecule has 5 aliphatic rings. The molecule has 2 aromatic rings. The number of piperazine rings is 1. The van der Waals surface area contributed by atoms with Gasteiger partial charge >= 0.3 is 11.9 Å². The van der Waals surface area contributed by atoms with Crippen LogP contribution in [0.3, 0.4) is 0 Å². The van der Waals surface area contributed by atoms with Gasteiger partial charge in [-0.2, -0.15) is 5.26 Å². The number of methoxy groups -OCH3 is 2. The van der Waals surface area contributed by atoms with Crippen molar-refractivity contribution in [1.82, 2.24) is 9.80 Å². The minimum absolute atomic E-state index is 0.0192. The summed E-state index contributed by atoms with van der Waals surface area (Å²) in [6, 6.07) is 2.11. The quantitative estimate of drug-likeness (QED) is 0.200. The molecule has 4 bridgehead atoms. The van der Waals surface area contributed by atoms with Crippen LogP contribution in [-0.4, -0.2) is 92.9 Å². The number of benzene rings is 2. The van der Waals surface area contributed by atoms with Crippen LogP contribution >= 0.6 is 11.8 Å². The summed E-state index contributed by atoms with van der Waals surface area (Å²) in [5.74, 6) is -0.0336. The first kappa shape index (κ1) is 31.6. The van der Waals surface area contributed by atoms with E-state index in [-0.39, 0.29) is 32.0 Å². The van der Waals surface area contributed by atoms with Crippen LogP contribution in [0.1, 0.15) is 57.6 Å². The Morgan fingerprint density at radius 2 is 1.85 bits per heavy atom. The third kappa shape index (κ3) is 4.66. The number of ether oxygens (including phenoxy) is 7. The molecule has 7 rings (SSSR count). The Labute approximate surface area is 275 Å². The van der Waals surface area contributed by atoms with Gasteiger partial charge in [0.15, 0.2) is 29.8 Å². The maximum absolute atomic E-state index is 13.0. The number of hydrogen-bond acceptors (Lipinski definition) is 14. The van der Waals surface area contributed by atoms with Gasteiger partial charge in [0.25, 0.3) is 0 Å². The molecule has 0 aliphatic carbocycles. The number of thioether (sulfide) groups is 1. The molecule has 47 heavy (non-hydrogen) atoms. The van der Waals surface area contributed by atoms with Crippen LogP contribution in [0.4, 0.5) is 0 Å². The molecule has 248 valence electrons. The van der Waals surface area contributed by atoms with Gasteiger partial charge in [0.05, 0.1) is 36.3 Å². The number of rotatable bonds is 5. The molecular formula is C33H35N3O10S. The number of carbonyl (C=O) groups is 3. The fraction of sp³-hybridized carbons (Fsp3) is 0.515. The van der Waals surface area contributed by atoms with Gasteiger partial charge in [-0.3, -0.25) is 19.4 Å². The largest absolute Gasteiger partial charge is 0.493 e. The number of fused-ring (bicyclic) bond motifs is 9. The predicted molar refractivity (Wildman–Crippen MR) is 166 cm³/mol. The molecule has 0 spiro atoms. The van der Waals surface area contributed by atoms with E-state index < -0.39 is 47.1 Å². The van der Waals surface area contributed by atoms with Crippen LogP contribution in [0.25, 0.3) is 0 Å². The predicted octanol–water partition coefficient (Wildman–Crippen LogP) is 3.08. The molecular weight excluding hydrogens is 630 g/mol. The molecule has 1 unspecified atom stereocenters. The number of cyclic esters (lactones) is 1. The SMILES string of the molecule is COCOc1c(OC)c(C)cc2c1[C@@H]1C3[C@@H]4SCC(=O)C(=O)OC[C@@H](c5c6c(c(C)c(OC(C)=O)c54)OCO6)N3[C@@H](C#N)[C@@H](C2)N1C. The van der Waals surface area contributed by atoms with Crippen LogP contribution < -0.4 is 23.7 Å². The van der Waals surface area contributed by atoms with Crippen molar-refractivity contribution in [2.75, 3.05) is 47.2 Å². The fourth-order valence-corrected chi connectivity index (χ4v) is 9.47. The third-order valence-corrected chi connectivity index (χ3v) is 11.1. The van der Waals surface area contributed by atoms with E-state index in [1.807, 2.05) is 14.0 Å². The highest BCUT2D eigenvalue weighted by atomic mass is 32.2. The average Bonchev–Trinajstić information content (AvgIpc) is 3.53. The minimum Gasteiger partial charge on any atom is -0.493 e. The summed E-state index contributed by atoms with van der Waals surface area (Å²) in [5, 5.41) is 10.3. The van der Waals surface area contributed by atoms with E-state index in [0.717, 1.165) is 16.7 Å². The van der Waals surface area contributed by atoms with E-state index in [0.29, 0.717) is 51.9 Å². The van der Waals surface area contributed by atoms with Gasteiger partial charge in [-0.1, -0.05) is 6.07 Å². The van der Waals surface area contributed by atoms with Crippen LogP contribution in [-0.2, 0) is 30.3 Å². The zero-order valence-electron chi connectivity index (χ0n) is 26.9. The first-order valence-electron chi connectivity index (χ1n) is 15.3. The van der Waals surface area contributed by atoms with Crippen molar-refractivity contribution in [1.29, 1.82) is 5.26 Å². The molecule has 0 radical (unpaired) electrons. The first-order chi connectivity index (χ1) is 22.6. The topological polar surface area (TPSA) is 146 Å². The fourth-order valence-electron chi connectivity index (χ4n) is 8.13. The van der Waals surface area contributed by atoms with E-state index in [1.54, 1.807) is 21.1 Å². The van der Waals surface area contributed by atoms with Crippen LogP contribution in [0.2, 0.25) is 0 Å². The van der Waals surface area contributed by atoms with Gasteiger partial charge < -0.3 is 33.2 Å². The number of Topliss-reactive ketones (excluding diaryl/α,β-unsaturated/α-hetero) is 1. The number of hydrogen-bond donors (Lipinski definition) is 0. The lowest BCUT2D eigenvalue weighted by atomic mass is 9.71. The Balaban J connectivity index is 1.56. The van der Waals surface area contributed by atoms with E-state index in [9.17, 15) is 19.6 Å². The normalized spacial score (nSPS) is 27.6. The van der Waals surface area contributed by atoms with E-state index in [4.69, 9.17) is 33.2 Å². The Kier molecular flexibility index (Phi) is 7.99. The maximum Gasteiger partial charge on any atom is 0.375 e. The van der Waals surface area contributed by atoms with Crippen molar-refractivity contribution in [2.24, 2.45) is 0 Å². The van der Waals surface area contributed by atoms with Crippen molar-refractivity contribution in [3.63, 3.8) is 0 Å². The van der Waals surface area contributed by atoms with Crippen LogP contribution in [0.5, 0.6) is 28.7 Å². The highest BCUT2D eigenvalue weighted by Crippen LogP contribution is 2.64. The minimum atomic E-state index is -0.937. The van der Waals surface area contributed by atoms with Crippen molar-refractivity contribution < 1.29 is 47.5 Å². The van der Waals surface area contributed by atoms with E-state index in [1.165, 1.54) is 18.7 Å². The molecule has 14 heteroatoms. The first-order valence-corrected chi connectivity index (χ1v) is 16.3. The molecule has 13 nitrogen and oxygen atoms in total. The molecule has 5 heterocycles. The molecule has 5 aliphatic heterocycles. The lowest BCUT2D eigenvalue weighted by Gasteiger charge is -2.61. The smallest absolute Gasteiger partial charge is 0.375 e. The summed E-state index contributed by atoms with van der Waals surface area (Å²) in [6.45, 7) is 4.77. The lowest BCUT2D eigenvalue weighted by Crippen LogP contribution is -2.69. The van der Waals surface area contributed by atoms with E-state index >= 15 is 0 Å². The number of likely N-dealkylation sites (N-methyl/N-ethyl adjacent to an activating group) is 1. The van der Waals surface area contributed by atoms with E-state index in [2.05, 4.69) is 21.9 Å². The third-order valence-electron chi connectivity index (χ3n) is 9.84. The second kappa shape index (κ2) is 11.9. The molecule has 2 saturated heterocycles. The second-order valence-corrected chi connectivity index (χ2v) is 13.4. The van der Waals surface area contributed by atoms with Gasteiger partial charge in [0.1, 0.15) is 18.4 Å². The highest BCUT2D eigenvalue weighted by Gasteiger charge is 2.60. The number of carbonyl (C=O) groups excluding carboxylic acids is 3. The van der Waals surface area contributed by atoms with Gasteiger partial charge in [-0.15, -0.1) is 11.8 Å². The standard InChI is InChI=1S/C33H35N3O10S/c1-14-7-17-8-18-19(9-34)36-20-10-42-33(39)21(38)11-47-32(24-23(20)31-29(44-13-45-31)15(2)28(24)46-16(3)37)26(36)25(35(18)4)22(17)30(27(14)41-6)43-12-40-5/h7,18-20,25-26,32H,8,10-13H2,1-6H3/t18-,19+,20+,25-,26?,32-/m1/s1. The van der Waals surface area contributed by atoms with Gasteiger partial charge in [-0.05, 0) is 38.4 Å². The van der Waals surface area contributed by atoms with Crippen LogP contribution in [0.15, 0.2) is 6.07 Å². The van der Waals surface area contributed by atoms with Gasteiger partial charge in [0.2, 0.25) is 12.6 Å². The number of nitrogens with zero attached hydrogens (tertiary/aromatic N) is 3. The van der Waals surface area contributed by atoms with Crippen molar-refractivity contribution in [3.8, 4) is 34.8 Å². The summed E-state index contributed by atoms with van der Waals surface area (Å²) < 4.78 is 41.1. The summed E-state index contributed by atoms with van der Waals surface area (Å²) in [5.41, 5.74) is 4.64. The monoisotopic (exact) mass is 665 g/mol. The highest BCUT2D eigenvalue weighted by molar-refractivity contribution is 8.00. The summed E-state index contributed by atoms with van der Waals surface area (Å²) >= 11 is 1.25. The lowest BCUT2D eigenvalue weighted by molar-refractivity contribution is -0.157. The summed E-state index contributed by atoms with van der Waals surface area (Å²) in [7, 11) is 5.14. The van der Waals surface area contributed by atoms with Crippen molar-refractivity contribution >= 4 is 29.5 Å². The summed E-state index contributed by atoms with van der Waals surface area (Å²) in [4.78, 5) is 42.8. The maximum atomic E-state index is 13.0. The van der Waals surface area contributed by atoms with Crippen LogP contribution in [0, 0.1) is 25.2 Å². The molecule has 2 aromatic carbocycles. The Morgan fingerprint density at radius 1 is 1.09 bits per heavy atom. The van der Waals surface area contributed by atoms with Gasteiger partial charge in [-0.25, -0.2) is 4.79 Å². The molecule has 0 saturated carbocycles. The number of aryl methyl sites for hydroxylation is 1. The number of esters is 2. The zero-order valence-corrected chi connectivity index (χ0v) is 27.7. The molecule has 0 N–H and O–H groups in total. The molecule has 0 aromatic heterocycles. The zero-order chi connectivity index (χ0) is 33.3. The number of ketones is 1. The second-order valence-electron chi connectivity index (χ2n) is 12.3. The Morgan fingerprint density at radius 3 is 2.55 bits per heavy atom. The van der Waals surface area contributed by atoms with Crippen molar-refractivity contribution in [2.45, 2.75) is 62.7 Å². The Bertz CT molecular complexity index is 1740. The molecule has 6 atom stereocenters. The molecule has 0 amide bonds. The van der Waals surface area contributed by atoms with Crippen molar-refractivity contribution in [3.05, 3.63) is 39.4 Å². The number of nitriles is 1. The van der Waals surface area contributed by atoms with Gasteiger partial charge in [0, 0.05) is 48.4 Å². The Hall–Kier alpha value is -4.03. The average molecular weight is 666 g/mol. The summed E-state index contributed by atoms with van der Waals surface area (Å²) in [6.07, 6.45) is 0.540. The molecule has 2 fully saturated rings.